The number of likely N-dealkylation sites (N-methyl/N-ethyl adjacent to an activating group) is 1. The van der Waals surface area contributed by atoms with Crippen molar-refractivity contribution in [2.45, 2.75) is 0 Å². The Morgan fingerprint density at radius 3 is 2.31 bits per heavy atom. The van der Waals surface area contributed by atoms with E-state index >= 15 is 0 Å². The standard InChI is InChI=1S/C11H11BrN2O2/c1-13-6-7-14(11(16)10(13)15)9-4-2-8(12)3-5-9/h2-5H,6-7H2,1H3. The SMILES string of the molecule is CN1CCN(c2ccc(Br)cc2)C(=O)C1=O. The van der Waals surface area contributed by atoms with E-state index in [1.807, 2.05) is 24.3 Å². The third-order valence-electron chi connectivity index (χ3n) is 2.57. The molecule has 1 aliphatic rings. The van der Waals surface area contributed by atoms with Crippen molar-refractivity contribution in [3.05, 3.63) is 28.7 Å². The van der Waals surface area contributed by atoms with Crippen LogP contribution in [0.5, 0.6) is 0 Å². The second kappa shape index (κ2) is 4.25. The molecule has 1 aromatic carbocycles. The lowest BCUT2D eigenvalue weighted by molar-refractivity contribution is -0.145. The average molecular weight is 283 g/mol. The number of anilines is 1. The third-order valence-corrected chi connectivity index (χ3v) is 3.10. The van der Waals surface area contributed by atoms with E-state index in [0.29, 0.717) is 13.1 Å². The molecule has 0 spiro atoms. The van der Waals surface area contributed by atoms with Gasteiger partial charge < -0.3 is 9.80 Å². The number of hydrogen-bond acceptors (Lipinski definition) is 2. The summed E-state index contributed by atoms with van der Waals surface area (Å²) < 4.78 is 0.948. The van der Waals surface area contributed by atoms with E-state index < -0.39 is 11.8 Å². The van der Waals surface area contributed by atoms with Crippen molar-refractivity contribution in [1.29, 1.82) is 0 Å². The molecule has 0 bridgehead atoms. The molecule has 1 aliphatic heterocycles. The zero-order valence-corrected chi connectivity index (χ0v) is 10.4. The van der Waals surface area contributed by atoms with Crippen LogP contribution in [0.4, 0.5) is 5.69 Å². The van der Waals surface area contributed by atoms with Crippen LogP contribution in [-0.2, 0) is 9.59 Å². The van der Waals surface area contributed by atoms with E-state index in [2.05, 4.69) is 15.9 Å². The molecular formula is C11H11BrN2O2. The molecule has 0 N–H and O–H groups in total. The number of rotatable bonds is 1. The predicted molar refractivity (Wildman–Crippen MR) is 64.1 cm³/mol. The Kier molecular flexibility index (Phi) is 2.96. The summed E-state index contributed by atoms with van der Waals surface area (Å²) in [4.78, 5) is 26.2. The maximum Gasteiger partial charge on any atom is 0.316 e. The first-order chi connectivity index (χ1) is 7.59. The first-order valence-electron chi connectivity index (χ1n) is 4.92. The predicted octanol–water partition coefficient (Wildman–Crippen LogP) is 1.25. The fourth-order valence-electron chi connectivity index (χ4n) is 1.60. The minimum absolute atomic E-state index is 0.450. The van der Waals surface area contributed by atoms with Gasteiger partial charge in [-0.05, 0) is 24.3 Å². The van der Waals surface area contributed by atoms with Gasteiger partial charge in [0.2, 0.25) is 0 Å². The van der Waals surface area contributed by atoms with Gasteiger partial charge in [-0.3, -0.25) is 9.59 Å². The minimum atomic E-state index is -0.462. The second-order valence-electron chi connectivity index (χ2n) is 3.66. The molecule has 84 valence electrons. The van der Waals surface area contributed by atoms with Crippen LogP contribution in [0.2, 0.25) is 0 Å². The number of carbonyl (C=O) groups is 2. The molecule has 1 heterocycles. The summed E-state index contributed by atoms with van der Waals surface area (Å²) in [7, 11) is 1.64. The third kappa shape index (κ3) is 1.95. The summed E-state index contributed by atoms with van der Waals surface area (Å²) in [6.45, 7) is 1.11. The monoisotopic (exact) mass is 282 g/mol. The summed E-state index contributed by atoms with van der Waals surface area (Å²) in [6.07, 6.45) is 0. The summed E-state index contributed by atoms with van der Waals surface area (Å²) in [5, 5.41) is 0. The van der Waals surface area contributed by atoms with Gasteiger partial charge in [-0.25, -0.2) is 0 Å². The highest BCUT2D eigenvalue weighted by molar-refractivity contribution is 9.10. The first-order valence-corrected chi connectivity index (χ1v) is 5.71. The highest BCUT2D eigenvalue weighted by atomic mass is 79.9. The molecule has 0 saturated carbocycles. The Morgan fingerprint density at radius 2 is 1.69 bits per heavy atom. The van der Waals surface area contributed by atoms with Crippen molar-refractivity contribution < 1.29 is 9.59 Å². The van der Waals surface area contributed by atoms with Gasteiger partial charge in [0.1, 0.15) is 0 Å². The van der Waals surface area contributed by atoms with E-state index in [1.54, 1.807) is 7.05 Å². The Balaban J connectivity index is 2.25. The molecule has 0 radical (unpaired) electrons. The van der Waals surface area contributed by atoms with Crippen LogP contribution >= 0.6 is 15.9 Å². The van der Waals surface area contributed by atoms with Gasteiger partial charge in [0.25, 0.3) is 0 Å². The van der Waals surface area contributed by atoms with Crippen LogP contribution in [0.1, 0.15) is 0 Å². The van der Waals surface area contributed by atoms with Gasteiger partial charge in [0.15, 0.2) is 0 Å². The summed E-state index contributed by atoms with van der Waals surface area (Å²) >= 11 is 3.33. The fraction of sp³-hybridized carbons (Fsp3) is 0.273. The number of benzene rings is 1. The quantitative estimate of drug-likeness (QED) is 0.728. The average Bonchev–Trinajstić information content (AvgIpc) is 2.28. The maximum atomic E-state index is 11.7. The number of hydrogen-bond donors (Lipinski definition) is 0. The smallest absolute Gasteiger partial charge is 0.316 e. The number of carbonyl (C=O) groups excluding carboxylic acids is 2. The normalized spacial score (nSPS) is 16.9. The topological polar surface area (TPSA) is 40.6 Å². The molecule has 2 rings (SSSR count). The van der Waals surface area contributed by atoms with Crippen LogP contribution in [0.25, 0.3) is 0 Å². The van der Waals surface area contributed by atoms with E-state index in [-0.39, 0.29) is 0 Å². The van der Waals surface area contributed by atoms with Gasteiger partial charge in [0.05, 0.1) is 0 Å². The van der Waals surface area contributed by atoms with Gasteiger partial charge in [-0.2, -0.15) is 0 Å². The van der Waals surface area contributed by atoms with Crippen molar-refractivity contribution in [2.24, 2.45) is 0 Å². The van der Waals surface area contributed by atoms with Crippen molar-refractivity contribution in [3.8, 4) is 0 Å². The molecule has 0 aromatic heterocycles. The molecule has 0 unspecified atom stereocenters. The largest absolute Gasteiger partial charge is 0.336 e. The molecular weight excluding hydrogens is 272 g/mol. The van der Waals surface area contributed by atoms with E-state index in [1.165, 1.54) is 9.80 Å². The number of amides is 2. The van der Waals surface area contributed by atoms with E-state index in [9.17, 15) is 9.59 Å². The van der Waals surface area contributed by atoms with Crippen molar-refractivity contribution in [2.75, 3.05) is 25.0 Å². The van der Waals surface area contributed by atoms with Gasteiger partial charge >= 0.3 is 11.8 Å². The lowest BCUT2D eigenvalue weighted by Crippen LogP contribution is -2.52. The molecule has 1 fully saturated rings. The molecule has 1 saturated heterocycles. The van der Waals surface area contributed by atoms with Gasteiger partial charge in [0, 0.05) is 30.3 Å². The highest BCUT2D eigenvalue weighted by Gasteiger charge is 2.30. The van der Waals surface area contributed by atoms with E-state index in [0.717, 1.165) is 10.2 Å². The molecule has 2 amide bonds. The number of nitrogens with zero attached hydrogens (tertiary/aromatic N) is 2. The van der Waals surface area contributed by atoms with Crippen molar-refractivity contribution in [3.63, 3.8) is 0 Å². The zero-order valence-electron chi connectivity index (χ0n) is 8.81. The van der Waals surface area contributed by atoms with Crippen molar-refractivity contribution in [1.82, 2.24) is 4.90 Å². The second-order valence-corrected chi connectivity index (χ2v) is 4.58. The first kappa shape index (κ1) is 11.1. The Morgan fingerprint density at radius 1 is 1.06 bits per heavy atom. The lowest BCUT2D eigenvalue weighted by atomic mass is 10.2. The molecule has 0 aliphatic carbocycles. The number of piperazine rings is 1. The zero-order chi connectivity index (χ0) is 11.7. The Bertz CT molecular complexity index is 430. The van der Waals surface area contributed by atoms with E-state index in [4.69, 9.17) is 0 Å². The van der Waals surface area contributed by atoms with Crippen LogP contribution in [0.3, 0.4) is 0 Å². The van der Waals surface area contributed by atoms with Crippen LogP contribution in [0.15, 0.2) is 28.7 Å². The lowest BCUT2D eigenvalue weighted by Gasteiger charge is -2.31. The number of halogens is 1. The van der Waals surface area contributed by atoms with Crippen LogP contribution in [0, 0.1) is 0 Å². The molecule has 1 aromatic rings. The van der Waals surface area contributed by atoms with Gasteiger partial charge in [-0.15, -0.1) is 0 Å². The minimum Gasteiger partial charge on any atom is -0.336 e. The molecule has 4 nitrogen and oxygen atoms in total. The summed E-state index contributed by atoms with van der Waals surface area (Å²) in [6, 6.07) is 7.35. The van der Waals surface area contributed by atoms with Crippen molar-refractivity contribution >= 4 is 33.4 Å². The molecule has 0 atom stereocenters. The van der Waals surface area contributed by atoms with Crippen LogP contribution in [-0.4, -0.2) is 36.9 Å². The van der Waals surface area contributed by atoms with Crippen LogP contribution < -0.4 is 4.90 Å². The maximum absolute atomic E-state index is 11.7. The Labute approximate surface area is 102 Å². The fourth-order valence-corrected chi connectivity index (χ4v) is 1.86. The molecule has 16 heavy (non-hydrogen) atoms. The summed E-state index contributed by atoms with van der Waals surface area (Å²) in [5.74, 6) is -0.912. The Hall–Kier alpha value is -1.36. The molecule has 5 heteroatoms. The van der Waals surface area contributed by atoms with Gasteiger partial charge in [-0.1, -0.05) is 15.9 Å². The summed E-state index contributed by atoms with van der Waals surface area (Å²) in [5.41, 5.74) is 0.759. The highest BCUT2D eigenvalue weighted by Crippen LogP contribution is 2.20.